The number of ether oxygens (including phenoxy) is 1. The molecule has 0 aromatic heterocycles. The van der Waals surface area contributed by atoms with E-state index in [1.54, 1.807) is 49.4 Å². The Hall–Kier alpha value is -3.15. The number of hydrogen-bond donors (Lipinski definition) is 1. The van der Waals surface area contributed by atoms with Gasteiger partial charge in [-0.1, -0.05) is 18.2 Å². The SMILES string of the molecule is CCOC(=O)Nc1cc(N2C(=O)c3ccccc3C2=O)ccc1C. The van der Waals surface area contributed by atoms with Gasteiger partial charge in [0, 0.05) is 5.69 Å². The second-order valence-corrected chi connectivity index (χ2v) is 5.34. The lowest BCUT2D eigenvalue weighted by atomic mass is 10.1. The first-order chi connectivity index (χ1) is 11.5. The number of hydrogen-bond acceptors (Lipinski definition) is 4. The zero-order chi connectivity index (χ0) is 17.3. The summed E-state index contributed by atoms with van der Waals surface area (Å²) in [6, 6.07) is 11.7. The molecule has 0 aliphatic carbocycles. The summed E-state index contributed by atoms with van der Waals surface area (Å²) in [5.74, 6) is -0.747. The number of anilines is 2. The third-order valence-corrected chi connectivity index (χ3v) is 3.79. The lowest BCUT2D eigenvalue weighted by molar-refractivity contribution is 0.0926. The summed E-state index contributed by atoms with van der Waals surface area (Å²) in [5.41, 5.74) is 2.44. The molecule has 3 rings (SSSR count). The molecule has 2 aromatic rings. The molecule has 24 heavy (non-hydrogen) atoms. The highest BCUT2D eigenvalue weighted by Crippen LogP contribution is 2.31. The monoisotopic (exact) mass is 324 g/mol. The number of nitrogens with zero attached hydrogens (tertiary/aromatic N) is 1. The Balaban J connectivity index is 1.95. The van der Waals surface area contributed by atoms with Gasteiger partial charge < -0.3 is 4.74 Å². The molecular formula is C18H16N2O4. The Labute approximate surface area is 139 Å². The van der Waals surface area contributed by atoms with Crippen LogP contribution in [0.15, 0.2) is 42.5 Å². The zero-order valence-corrected chi connectivity index (χ0v) is 13.3. The second kappa shape index (κ2) is 6.16. The van der Waals surface area contributed by atoms with Crippen LogP contribution in [0.5, 0.6) is 0 Å². The maximum absolute atomic E-state index is 12.5. The van der Waals surface area contributed by atoms with Gasteiger partial charge in [0.2, 0.25) is 0 Å². The van der Waals surface area contributed by atoms with Gasteiger partial charge in [-0.05, 0) is 43.7 Å². The lowest BCUT2D eigenvalue weighted by Gasteiger charge is -2.16. The van der Waals surface area contributed by atoms with E-state index in [1.807, 2.05) is 6.92 Å². The van der Waals surface area contributed by atoms with Crippen molar-refractivity contribution in [2.75, 3.05) is 16.8 Å². The molecule has 0 unspecified atom stereocenters. The highest BCUT2D eigenvalue weighted by molar-refractivity contribution is 6.34. The van der Waals surface area contributed by atoms with Crippen LogP contribution in [-0.2, 0) is 4.74 Å². The first kappa shape index (κ1) is 15.7. The van der Waals surface area contributed by atoms with Crippen molar-refractivity contribution in [3.05, 3.63) is 59.2 Å². The Kier molecular flexibility index (Phi) is 4.04. The number of aryl methyl sites for hydroxylation is 1. The topological polar surface area (TPSA) is 75.7 Å². The fraction of sp³-hybridized carbons (Fsp3) is 0.167. The number of carbonyl (C=O) groups is 3. The molecule has 1 aliphatic heterocycles. The molecule has 0 saturated heterocycles. The number of nitrogens with one attached hydrogen (secondary N) is 1. The van der Waals surface area contributed by atoms with Crippen LogP contribution in [0.2, 0.25) is 0 Å². The molecule has 0 fully saturated rings. The molecule has 0 saturated carbocycles. The van der Waals surface area contributed by atoms with Crippen LogP contribution in [0.4, 0.5) is 16.2 Å². The third-order valence-electron chi connectivity index (χ3n) is 3.79. The minimum atomic E-state index is -0.583. The minimum absolute atomic E-state index is 0.253. The van der Waals surface area contributed by atoms with Crippen molar-refractivity contribution < 1.29 is 19.1 Å². The second-order valence-electron chi connectivity index (χ2n) is 5.34. The standard InChI is InChI=1S/C18H16N2O4/c1-3-24-18(23)19-15-10-12(9-8-11(15)2)20-16(21)13-6-4-5-7-14(13)17(20)22/h4-10H,3H2,1-2H3,(H,19,23). The summed E-state index contributed by atoms with van der Waals surface area (Å²) < 4.78 is 4.86. The van der Waals surface area contributed by atoms with E-state index >= 15 is 0 Å². The molecular weight excluding hydrogens is 308 g/mol. The van der Waals surface area contributed by atoms with E-state index in [-0.39, 0.29) is 18.4 Å². The molecule has 3 amide bonds. The first-order valence-electron chi connectivity index (χ1n) is 7.55. The van der Waals surface area contributed by atoms with Gasteiger partial charge in [-0.3, -0.25) is 14.9 Å². The molecule has 2 aromatic carbocycles. The Morgan fingerprint density at radius 3 is 2.29 bits per heavy atom. The first-order valence-corrected chi connectivity index (χ1v) is 7.55. The van der Waals surface area contributed by atoms with Crippen LogP contribution in [-0.4, -0.2) is 24.5 Å². The van der Waals surface area contributed by atoms with Crippen molar-refractivity contribution in [2.45, 2.75) is 13.8 Å². The molecule has 1 heterocycles. The molecule has 0 spiro atoms. The van der Waals surface area contributed by atoms with Crippen molar-refractivity contribution >= 4 is 29.3 Å². The smallest absolute Gasteiger partial charge is 0.411 e. The van der Waals surface area contributed by atoms with Crippen molar-refractivity contribution in [1.29, 1.82) is 0 Å². The van der Waals surface area contributed by atoms with Gasteiger partial charge in [0.1, 0.15) is 0 Å². The van der Waals surface area contributed by atoms with Gasteiger partial charge in [-0.15, -0.1) is 0 Å². The van der Waals surface area contributed by atoms with Crippen molar-refractivity contribution in [3.8, 4) is 0 Å². The fourth-order valence-electron chi connectivity index (χ4n) is 2.58. The number of imide groups is 1. The van der Waals surface area contributed by atoms with Gasteiger partial charge in [0.05, 0.1) is 23.4 Å². The summed E-state index contributed by atoms with van der Waals surface area (Å²) in [7, 11) is 0. The van der Waals surface area contributed by atoms with Crippen LogP contribution >= 0.6 is 0 Å². The summed E-state index contributed by atoms with van der Waals surface area (Å²) in [6.45, 7) is 3.78. The summed E-state index contributed by atoms with van der Waals surface area (Å²) in [5, 5.41) is 2.62. The van der Waals surface area contributed by atoms with Gasteiger partial charge in [0.15, 0.2) is 0 Å². The number of rotatable bonds is 3. The maximum Gasteiger partial charge on any atom is 0.411 e. The number of carbonyl (C=O) groups excluding carboxylic acids is 3. The van der Waals surface area contributed by atoms with Crippen LogP contribution in [0.25, 0.3) is 0 Å². The molecule has 1 aliphatic rings. The van der Waals surface area contributed by atoms with Crippen LogP contribution < -0.4 is 10.2 Å². The number of amides is 3. The van der Waals surface area contributed by atoms with Crippen molar-refractivity contribution in [3.63, 3.8) is 0 Å². The van der Waals surface area contributed by atoms with E-state index in [0.717, 1.165) is 10.5 Å². The van der Waals surface area contributed by atoms with Gasteiger partial charge in [0.25, 0.3) is 11.8 Å². The van der Waals surface area contributed by atoms with Crippen molar-refractivity contribution in [2.24, 2.45) is 0 Å². The Morgan fingerprint density at radius 1 is 1.08 bits per heavy atom. The highest BCUT2D eigenvalue weighted by atomic mass is 16.5. The van der Waals surface area contributed by atoms with E-state index in [0.29, 0.717) is 22.5 Å². The summed E-state index contributed by atoms with van der Waals surface area (Å²) in [4.78, 5) is 37.8. The van der Waals surface area contributed by atoms with Crippen LogP contribution in [0.1, 0.15) is 33.2 Å². The van der Waals surface area contributed by atoms with Crippen molar-refractivity contribution in [1.82, 2.24) is 0 Å². The predicted octanol–water partition coefficient (Wildman–Crippen LogP) is 3.36. The predicted molar refractivity (Wildman–Crippen MR) is 89.4 cm³/mol. The lowest BCUT2D eigenvalue weighted by Crippen LogP contribution is -2.29. The average Bonchev–Trinajstić information content (AvgIpc) is 2.82. The number of benzene rings is 2. The molecule has 6 heteroatoms. The summed E-state index contributed by atoms with van der Waals surface area (Å²) in [6.07, 6.45) is -0.583. The molecule has 0 radical (unpaired) electrons. The molecule has 122 valence electrons. The molecule has 0 bridgehead atoms. The Morgan fingerprint density at radius 2 is 1.71 bits per heavy atom. The quantitative estimate of drug-likeness (QED) is 0.878. The largest absolute Gasteiger partial charge is 0.450 e. The van der Waals surface area contributed by atoms with Crippen LogP contribution in [0, 0.1) is 6.92 Å². The van der Waals surface area contributed by atoms with E-state index < -0.39 is 6.09 Å². The maximum atomic E-state index is 12.5. The zero-order valence-electron chi connectivity index (χ0n) is 13.3. The molecule has 0 atom stereocenters. The van der Waals surface area contributed by atoms with Gasteiger partial charge >= 0.3 is 6.09 Å². The van der Waals surface area contributed by atoms with E-state index in [4.69, 9.17) is 4.74 Å². The van der Waals surface area contributed by atoms with E-state index in [9.17, 15) is 14.4 Å². The van der Waals surface area contributed by atoms with Crippen LogP contribution in [0.3, 0.4) is 0 Å². The summed E-state index contributed by atoms with van der Waals surface area (Å²) >= 11 is 0. The highest BCUT2D eigenvalue weighted by Gasteiger charge is 2.36. The van der Waals surface area contributed by atoms with Gasteiger partial charge in [-0.2, -0.15) is 0 Å². The molecule has 6 nitrogen and oxygen atoms in total. The van der Waals surface area contributed by atoms with E-state index in [2.05, 4.69) is 5.32 Å². The number of fused-ring (bicyclic) bond motifs is 1. The molecule has 1 N–H and O–H groups in total. The van der Waals surface area contributed by atoms with Gasteiger partial charge in [-0.25, -0.2) is 9.69 Å². The average molecular weight is 324 g/mol. The van der Waals surface area contributed by atoms with E-state index in [1.165, 1.54) is 0 Å². The minimum Gasteiger partial charge on any atom is -0.450 e. The Bertz CT molecular complexity index is 810. The normalized spacial score (nSPS) is 13.0. The fourth-order valence-corrected chi connectivity index (χ4v) is 2.58. The third kappa shape index (κ3) is 2.62.